The van der Waals surface area contributed by atoms with Crippen molar-refractivity contribution >= 4 is 11.0 Å². The van der Waals surface area contributed by atoms with Crippen LogP contribution in [0.15, 0.2) is 22.6 Å². The molecule has 2 nitrogen and oxygen atoms in total. The number of hydrogen-bond donors (Lipinski definition) is 1. The lowest BCUT2D eigenvalue weighted by atomic mass is 9.83. The monoisotopic (exact) mass is 328 g/mol. The number of aliphatic hydroxyl groups excluding tert-OH is 1. The van der Waals surface area contributed by atoms with Crippen LogP contribution in [-0.4, -0.2) is 11.2 Å². The quantitative estimate of drug-likeness (QED) is 0.665. The standard InChI is InChI=1S/C22H32O2/c1-6-7-8-9-20-21(22(3,4)5)17-12-15(10-11-19(17)24-20)14(2)16-13-18(16)23/h10-12,14,16,18,23H,6-9,13H2,1-5H3/t14?,16?,18-/m0/s1. The van der Waals surface area contributed by atoms with Gasteiger partial charge in [-0.15, -0.1) is 0 Å². The Hall–Kier alpha value is -1.28. The fourth-order valence-electron chi connectivity index (χ4n) is 3.97. The van der Waals surface area contributed by atoms with Gasteiger partial charge < -0.3 is 9.52 Å². The van der Waals surface area contributed by atoms with Crippen LogP contribution in [0.1, 0.15) is 83.1 Å². The van der Waals surface area contributed by atoms with Crippen molar-refractivity contribution in [1.82, 2.24) is 0 Å². The van der Waals surface area contributed by atoms with E-state index >= 15 is 0 Å². The molecule has 0 aliphatic heterocycles. The maximum absolute atomic E-state index is 9.76. The van der Waals surface area contributed by atoms with Gasteiger partial charge in [0.1, 0.15) is 11.3 Å². The molecule has 132 valence electrons. The number of aliphatic hydroxyl groups is 1. The van der Waals surface area contributed by atoms with E-state index < -0.39 is 0 Å². The Morgan fingerprint density at radius 2 is 1.96 bits per heavy atom. The fraction of sp³-hybridized carbons (Fsp3) is 0.636. The predicted octanol–water partition coefficient (Wildman–Crippen LogP) is 5.95. The third kappa shape index (κ3) is 3.39. The Kier molecular flexibility index (Phi) is 4.79. The molecular weight excluding hydrogens is 296 g/mol. The lowest BCUT2D eigenvalue weighted by Crippen LogP contribution is -2.13. The molecule has 1 saturated carbocycles. The Bertz CT molecular complexity index is 705. The van der Waals surface area contributed by atoms with Gasteiger partial charge in [0, 0.05) is 17.4 Å². The predicted molar refractivity (Wildman–Crippen MR) is 101 cm³/mol. The molecule has 0 amide bonds. The van der Waals surface area contributed by atoms with Crippen LogP contribution < -0.4 is 0 Å². The molecule has 1 aliphatic carbocycles. The van der Waals surface area contributed by atoms with Crippen molar-refractivity contribution in [2.75, 3.05) is 0 Å². The third-order valence-corrected chi connectivity index (χ3v) is 5.52. The van der Waals surface area contributed by atoms with E-state index in [0.29, 0.717) is 11.8 Å². The first-order chi connectivity index (χ1) is 11.3. The average Bonchev–Trinajstić information content (AvgIpc) is 3.11. The van der Waals surface area contributed by atoms with Crippen LogP contribution in [0.4, 0.5) is 0 Å². The van der Waals surface area contributed by atoms with Crippen LogP contribution in [0.25, 0.3) is 11.0 Å². The summed E-state index contributed by atoms with van der Waals surface area (Å²) in [5.41, 5.74) is 3.79. The normalized spacial score (nSPS) is 22.1. The van der Waals surface area contributed by atoms with E-state index in [1.807, 2.05) is 0 Å². The van der Waals surface area contributed by atoms with E-state index in [1.165, 1.54) is 41.5 Å². The van der Waals surface area contributed by atoms with Gasteiger partial charge in [-0.05, 0) is 47.8 Å². The summed E-state index contributed by atoms with van der Waals surface area (Å²) in [6.45, 7) is 11.3. The van der Waals surface area contributed by atoms with E-state index in [4.69, 9.17) is 4.42 Å². The van der Waals surface area contributed by atoms with E-state index in [2.05, 4.69) is 52.8 Å². The number of aryl methyl sites for hydroxylation is 1. The summed E-state index contributed by atoms with van der Waals surface area (Å²) in [5.74, 6) is 2.01. The van der Waals surface area contributed by atoms with E-state index in [1.54, 1.807) is 0 Å². The van der Waals surface area contributed by atoms with Gasteiger partial charge >= 0.3 is 0 Å². The molecule has 3 rings (SSSR count). The highest BCUT2D eigenvalue weighted by atomic mass is 16.3. The fourth-order valence-corrected chi connectivity index (χ4v) is 3.97. The zero-order chi connectivity index (χ0) is 17.5. The van der Waals surface area contributed by atoms with Gasteiger partial charge in [-0.25, -0.2) is 0 Å². The minimum Gasteiger partial charge on any atom is -0.461 e. The Morgan fingerprint density at radius 1 is 1.25 bits per heavy atom. The molecule has 0 spiro atoms. The second-order valence-electron chi connectivity index (χ2n) is 8.62. The Balaban J connectivity index is 2.00. The van der Waals surface area contributed by atoms with E-state index in [9.17, 15) is 5.11 Å². The number of unbranched alkanes of at least 4 members (excludes halogenated alkanes) is 2. The first-order valence-electron chi connectivity index (χ1n) is 9.56. The smallest absolute Gasteiger partial charge is 0.134 e. The van der Waals surface area contributed by atoms with Crippen LogP contribution in [0.2, 0.25) is 0 Å². The highest BCUT2D eigenvalue weighted by molar-refractivity contribution is 5.84. The zero-order valence-electron chi connectivity index (χ0n) is 15.9. The van der Waals surface area contributed by atoms with Crippen LogP contribution >= 0.6 is 0 Å². The lowest BCUT2D eigenvalue weighted by Gasteiger charge is -2.20. The van der Waals surface area contributed by atoms with Crippen molar-refractivity contribution in [2.24, 2.45) is 5.92 Å². The van der Waals surface area contributed by atoms with Crippen molar-refractivity contribution in [3.05, 3.63) is 35.1 Å². The number of rotatable bonds is 6. The maximum Gasteiger partial charge on any atom is 0.134 e. The van der Waals surface area contributed by atoms with Gasteiger partial charge in [-0.3, -0.25) is 0 Å². The maximum atomic E-state index is 9.76. The van der Waals surface area contributed by atoms with Crippen molar-refractivity contribution in [3.63, 3.8) is 0 Å². The van der Waals surface area contributed by atoms with Crippen molar-refractivity contribution in [3.8, 4) is 0 Å². The van der Waals surface area contributed by atoms with Crippen molar-refractivity contribution < 1.29 is 9.52 Å². The van der Waals surface area contributed by atoms with E-state index in [0.717, 1.165) is 18.4 Å². The van der Waals surface area contributed by atoms with Crippen molar-refractivity contribution in [2.45, 2.75) is 84.2 Å². The minimum absolute atomic E-state index is 0.0771. The molecule has 0 bridgehead atoms. The first kappa shape index (κ1) is 17.5. The molecule has 3 atom stereocenters. The van der Waals surface area contributed by atoms with Gasteiger partial charge in [0.15, 0.2) is 0 Å². The Morgan fingerprint density at radius 3 is 2.54 bits per heavy atom. The third-order valence-electron chi connectivity index (χ3n) is 5.52. The number of benzene rings is 1. The first-order valence-corrected chi connectivity index (χ1v) is 9.56. The highest BCUT2D eigenvalue weighted by Gasteiger charge is 2.40. The van der Waals surface area contributed by atoms with Crippen molar-refractivity contribution in [1.29, 1.82) is 0 Å². The molecule has 1 aliphatic rings. The second-order valence-corrected chi connectivity index (χ2v) is 8.62. The van der Waals surface area contributed by atoms with E-state index in [-0.39, 0.29) is 11.5 Å². The van der Waals surface area contributed by atoms with Crippen LogP contribution in [0.3, 0.4) is 0 Å². The zero-order valence-corrected chi connectivity index (χ0v) is 15.9. The molecule has 0 saturated heterocycles. The number of hydrogen-bond acceptors (Lipinski definition) is 2. The van der Waals surface area contributed by atoms with Crippen LogP contribution in [0, 0.1) is 5.92 Å². The number of furan rings is 1. The molecule has 1 aromatic carbocycles. The van der Waals surface area contributed by atoms with Gasteiger partial charge in [0.05, 0.1) is 6.10 Å². The largest absolute Gasteiger partial charge is 0.461 e. The summed E-state index contributed by atoms with van der Waals surface area (Å²) >= 11 is 0. The summed E-state index contributed by atoms with van der Waals surface area (Å²) in [7, 11) is 0. The second kappa shape index (κ2) is 6.55. The minimum atomic E-state index is -0.105. The highest BCUT2D eigenvalue weighted by Crippen LogP contribution is 2.44. The summed E-state index contributed by atoms with van der Waals surface area (Å²) in [5, 5.41) is 11.0. The molecular formula is C22H32O2. The van der Waals surface area contributed by atoms with Gasteiger partial charge in [0.25, 0.3) is 0 Å². The topological polar surface area (TPSA) is 33.4 Å². The summed E-state index contributed by atoms with van der Waals surface area (Å²) in [6.07, 6.45) is 5.54. The molecule has 1 aromatic heterocycles. The van der Waals surface area contributed by atoms with Gasteiger partial charge in [-0.2, -0.15) is 0 Å². The average molecular weight is 328 g/mol. The summed E-state index contributed by atoms with van der Waals surface area (Å²) < 4.78 is 6.25. The molecule has 2 heteroatoms. The summed E-state index contributed by atoms with van der Waals surface area (Å²) in [4.78, 5) is 0. The molecule has 0 radical (unpaired) electrons. The SMILES string of the molecule is CCCCCc1oc2ccc(C(C)C3C[C@@H]3O)cc2c1C(C)(C)C. The van der Waals surface area contributed by atoms with Crippen LogP contribution in [-0.2, 0) is 11.8 Å². The van der Waals surface area contributed by atoms with Crippen LogP contribution in [0.5, 0.6) is 0 Å². The molecule has 2 aromatic rings. The molecule has 1 fully saturated rings. The van der Waals surface area contributed by atoms with Gasteiger partial charge in [0.2, 0.25) is 0 Å². The lowest BCUT2D eigenvalue weighted by molar-refractivity contribution is 0.253. The molecule has 1 N–H and O–H groups in total. The number of fused-ring (bicyclic) bond motifs is 1. The van der Waals surface area contributed by atoms with Gasteiger partial charge in [-0.1, -0.05) is 53.5 Å². The molecule has 1 heterocycles. The molecule has 2 unspecified atom stereocenters. The summed E-state index contributed by atoms with van der Waals surface area (Å²) in [6, 6.07) is 6.64. The Labute approximate surface area is 146 Å². The molecule has 24 heavy (non-hydrogen) atoms.